The van der Waals surface area contributed by atoms with Crippen molar-refractivity contribution in [3.05, 3.63) is 266 Å². The van der Waals surface area contributed by atoms with Gasteiger partial charge in [-0.05, 0) is 163 Å². The number of rotatable bonds is 5. The number of nitrogens with zero attached hydrogens (tertiary/aromatic N) is 5. The highest BCUT2D eigenvalue weighted by Crippen LogP contribution is 2.26. The molecule has 0 N–H and O–H groups in total. The van der Waals surface area contributed by atoms with Gasteiger partial charge in [0, 0.05) is 131 Å². The topological polar surface area (TPSA) is 19.4 Å². The van der Waals surface area contributed by atoms with E-state index in [0.717, 1.165) is 45.0 Å². The average Bonchev–Trinajstić information content (AvgIpc) is 2.25. The molecule has 0 aliphatic heterocycles. The minimum Gasteiger partial charge on any atom is -0.199 e. The number of pyridine rings is 5. The highest BCUT2D eigenvalue weighted by Gasteiger charge is 2.18. The smallest absolute Gasteiger partial charge is 0.199 e. The summed E-state index contributed by atoms with van der Waals surface area (Å²) in [5.74, 6) is 0. The van der Waals surface area contributed by atoms with Crippen LogP contribution >= 0.6 is 0 Å². The maximum Gasteiger partial charge on any atom is 0.212 e. The fourth-order valence-corrected chi connectivity index (χ4v) is 9.80. The lowest BCUT2D eigenvalue weighted by molar-refractivity contribution is -0.666. The Hall–Kier alpha value is -8.15. The summed E-state index contributed by atoms with van der Waals surface area (Å²) in [6.07, 6.45) is 0. The van der Waals surface area contributed by atoms with Crippen molar-refractivity contribution in [2.75, 3.05) is 0 Å². The molecule has 5 heterocycles. The summed E-state index contributed by atoms with van der Waals surface area (Å²) in [7, 11) is 10.4. The van der Waals surface area contributed by atoms with Crippen molar-refractivity contribution >= 4 is 0 Å². The zero-order chi connectivity index (χ0) is 63.5. The first-order valence-corrected chi connectivity index (χ1v) is 27.6. The SMILES string of the molecule is Cc1ccc(-c2cccc(C)[n+]2C)c(C)c1.Cc1ccc(C)c(-c2cccc(C)[n+]2C)c1.Cc1ccc(C)c(-c2cccc(C)[n+]2C)c1.[2H]C([2H])([2H])c1ccc(-c2cccc(C)[n+]2C)c(C)c1.[2H]C([2H])([2H])c1cccc(-c2cccc(C)[n+]2C)c1C. The fraction of sp³-hybridized carbons (Fsp3) is 0.267. The van der Waals surface area contributed by atoms with Gasteiger partial charge in [-0.3, -0.25) is 0 Å². The first-order chi connectivity index (χ1) is 40.4. The van der Waals surface area contributed by atoms with Crippen molar-refractivity contribution in [2.24, 2.45) is 35.2 Å². The van der Waals surface area contributed by atoms with Gasteiger partial charge in [-0.15, -0.1) is 0 Å². The van der Waals surface area contributed by atoms with Gasteiger partial charge < -0.3 is 0 Å². The Labute approximate surface area is 490 Å². The Morgan fingerprint density at radius 3 is 0.887 bits per heavy atom. The summed E-state index contributed by atoms with van der Waals surface area (Å²) in [4.78, 5) is 0. The lowest BCUT2D eigenvalue weighted by Crippen LogP contribution is -2.34. The van der Waals surface area contributed by atoms with E-state index >= 15 is 0 Å². The van der Waals surface area contributed by atoms with Crippen LogP contribution in [0.5, 0.6) is 0 Å². The summed E-state index contributed by atoms with van der Waals surface area (Å²) in [5, 5.41) is 0. The molecule has 10 rings (SSSR count). The maximum absolute atomic E-state index is 7.60. The Morgan fingerprint density at radius 2 is 0.537 bits per heavy atom. The van der Waals surface area contributed by atoms with Crippen molar-refractivity contribution in [1.29, 1.82) is 0 Å². The molecule has 0 saturated heterocycles. The molecule has 0 radical (unpaired) electrons. The van der Waals surface area contributed by atoms with Crippen molar-refractivity contribution in [1.82, 2.24) is 0 Å². The normalized spacial score (nSPS) is 11.9. The van der Waals surface area contributed by atoms with Gasteiger partial charge in [-0.1, -0.05) is 82.9 Å². The van der Waals surface area contributed by atoms with Crippen molar-refractivity contribution in [2.45, 2.75) is 104 Å². The van der Waals surface area contributed by atoms with E-state index in [9.17, 15) is 0 Å². The van der Waals surface area contributed by atoms with Crippen LogP contribution in [0.25, 0.3) is 56.3 Å². The molecule has 80 heavy (non-hydrogen) atoms. The van der Waals surface area contributed by atoms with Gasteiger partial charge in [0.05, 0.1) is 0 Å². The lowest BCUT2D eigenvalue weighted by Gasteiger charge is -2.07. The summed E-state index contributed by atoms with van der Waals surface area (Å²) in [6.45, 7) is 23.1. The van der Waals surface area contributed by atoms with E-state index < -0.39 is 13.7 Å². The van der Waals surface area contributed by atoms with Crippen LogP contribution in [0.4, 0.5) is 0 Å². The molecular formula is C75H90N5+5. The number of benzene rings is 5. The van der Waals surface area contributed by atoms with Crippen LogP contribution in [0.3, 0.4) is 0 Å². The molecule has 0 aliphatic carbocycles. The maximum atomic E-state index is 7.60. The van der Waals surface area contributed by atoms with E-state index in [4.69, 9.17) is 8.22 Å². The molecule has 0 bridgehead atoms. The van der Waals surface area contributed by atoms with Gasteiger partial charge in [-0.25, -0.2) is 0 Å². The third-order valence-corrected chi connectivity index (χ3v) is 15.5. The van der Waals surface area contributed by atoms with Crippen molar-refractivity contribution < 1.29 is 31.1 Å². The van der Waals surface area contributed by atoms with Gasteiger partial charge in [0.1, 0.15) is 35.2 Å². The van der Waals surface area contributed by atoms with E-state index in [2.05, 4.69) is 228 Å². The molecule has 0 unspecified atom stereocenters. The Balaban J connectivity index is 0.000000172. The number of aromatic nitrogens is 5. The number of hydrogen-bond donors (Lipinski definition) is 0. The third-order valence-electron chi connectivity index (χ3n) is 15.5. The van der Waals surface area contributed by atoms with Gasteiger partial charge >= 0.3 is 0 Å². The second-order valence-corrected chi connectivity index (χ2v) is 21.5. The molecule has 10 aromatic rings. The lowest BCUT2D eigenvalue weighted by atomic mass is 10.00. The molecule has 0 aliphatic rings. The molecule has 0 spiro atoms. The summed E-state index contributed by atoms with van der Waals surface area (Å²) in [5.41, 5.74) is 28.6. The van der Waals surface area contributed by atoms with Crippen LogP contribution in [0.2, 0.25) is 0 Å². The van der Waals surface area contributed by atoms with E-state index in [0.29, 0.717) is 11.1 Å². The van der Waals surface area contributed by atoms with Gasteiger partial charge in [-0.2, -0.15) is 22.8 Å². The highest BCUT2D eigenvalue weighted by atomic mass is 15.0. The Kier molecular flexibility index (Phi) is 18.1. The van der Waals surface area contributed by atoms with Crippen molar-refractivity contribution in [3.8, 4) is 56.3 Å². The minimum atomic E-state index is -2.07. The first kappa shape index (κ1) is 52.5. The molecular weight excluding hydrogens is 971 g/mol. The van der Waals surface area contributed by atoms with Crippen LogP contribution in [0.15, 0.2) is 182 Å². The molecule has 0 saturated carbocycles. The second-order valence-electron chi connectivity index (χ2n) is 21.5. The van der Waals surface area contributed by atoms with Gasteiger partial charge in [0.2, 0.25) is 28.5 Å². The third kappa shape index (κ3) is 15.1. The van der Waals surface area contributed by atoms with Crippen LogP contribution in [0, 0.1) is 104 Å². The predicted molar refractivity (Wildman–Crippen MR) is 336 cm³/mol. The van der Waals surface area contributed by atoms with Crippen molar-refractivity contribution in [3.63, 3.8) is 0 Å². The quantitative estimate of drug-likeness (QED) is 0.153. The average molecular weight is 1070 g/mol. The van der Waals surface area contributed by atoms with Crippen LogP contribution in [-0.2, 0) is 35.2 Å². The molecule has 5 heteroatoms. The molecule has 0 amide bonds. The Bertz CT molecular complexity index is 3920. The fourth-order valence-electron chi connectivity index (χ4n) is 9.80. The number of hydrogen-bond acceptors (Lipinski definition) is 0. The highest BCUT2D eigenvalue weighted by molar-refractivity contribution is 5.65. The molecule has 0 atom stereocenters. The Morgan fingerprint density at radius 1 is 0.237 bits per heavy atom. The van der Waals surface area contributed by atoms with Crippen LogP contribution in [0.1, 0.15) is 92.3 Å². The van der Waals surface area contributed by atoms with E-state index in [1.54, 1.807) is 18.2 Å². The second kappa shape index (κ2) is 27.6. The van der Waals surface area contributed by atoms with E-state index in [1.807, 2.05) is 83.4 Å². The molecule has 0 fully saturated rings. The standard InChI is InChI=1S/5C15H18N/c1-11-7-5-9-14(13(11)3)15-10-6-8-12(2)16(15)4;2*1-11-8-9-14(12(2)10-11)15-7-5-6-13(3)16(15)4;2*1-11-8-9-12(2)14(10-11)15-7-5-6-13(3)16(15)4/h5*5-10H,1-4H3/q5*+1/i2*1D3;;;. The molecule has 5 aromatic carbocycles. The van der Waals surface area contributed by atoms with E-state index in [-0.39, 0.29) is 0 Å². The summed E-state index contributed by atoms with van der Waals surface area (Å²) >= 11 is 0. The van der Waals surface area contributed by atoms with Gasteiger partial charge in [0.15, 0.2) is 28.5 Å². The zero-order valence-corrected chi connectivity index (χ0v) is 51.1. The molecule has 5 nitrogen and oxygen atoms in total. The molecule has 5 aromatic heterocycles. The summed E-state index contributed by atoms with van der Waals surface area (Å²) in [6, 6.07) is 62.0. The number of aryl methyl sites for hydroxylation is 14. The van der Waals surface area contributed by atoms with Gasteiger partial charge in [0.25, 0.3) is 0 Å². The summed E-state index contributed by atoms with van der Waals surface area (Å²) < 4.78 is 56.0. The zero-order valence-electron chi connectivity index (χ0n) is 57.1. The van der Waals surface area contributed by atoms with E-state index in [1.165, 1.54) is 84.2 Å². The minimum absolute atomic E-state index is 0.393. The largest absolute Gasteiger partial charge is 0.212 e. The van der Waals surface area contributed by atoms with Crippen LogP contribution < -0.4 is 22.8 Å². The monoisotopic (exact) mass is 1070 g/mol. The first-order valence-electron chi connectivity index (χ1n) is 30.6. The molecule has 410 valence electrons. The van der Waals surface area contributed by atoms with Crippen LogP contribution in [-0.4, -0.2) is 0 Å². The predicted octanol–water partition coefficient (Wildman–Crippen LogP) is 15.5.